The zero-order chi connectivity index (χ0) is 17.1. The Hall–Kier alpha value is -2.20. The molecule has 1 aliphatic rings. The molecule has 0 unspecified atom stereocenters. The molecule has 1 aromatic carbocycles. The Bertz CT molecular complexity index is 774. The quantitative estimate of drug-likeness (QED) is 0.613. The molecule has 2 aromatic rings. The van der Waals surface area contributed by atoms with Crippen molar-refractivity contribution in [3.63, 3.8) is 0 Å². The average Bonchev–Trinajstić information content (AvgIpc) is 3.08. The number of thiophene rings is 1. The lowest BCUT2D eigenvalue weighted by Crippen LogP contribution is -2.33. The van der Waals surface area contributed by atoms with Gasteiger partial charge >= 0.3 is 5.97 Å². The summed E-state index contributed by atoms with van der Waals surface area (Å²) in [6.07, 6.45) is 2.29. The second-order valence-corrected chi connectivity index (χ2v) is 6.98. The van der Waals surface area contributed by atoms with E-state index in [-0.39, 0.29) is 18.3 Å². The third-order valence-electron chi connectivity index (χ3n) is 4.30. The number of hydrogen-bond donors (Lipinski definition) is 0. The van der Waals surface area contributed by atoms with E-state index in [0.29, 0.717) is 6.42 Å². The smallest absolute Gasteiger partial charge is 0.317 e. The van der Waals surface area contributed by atoms with Crippen molar-refractivity contribution in [2.75, 3.05) is 6.61 Å². The Labute approximate surface area is 146 Å². The Balaban J connectivity index is 2.00. The van der Waals surface area contributed by atoms with Crippen LogP contribution < -0.4 is 0 Å². The molecule has 1 heterocycles. The van der Waals surface area contributed by atoms with E-state index in [9.17, 15) is 9.59 Å². The number of ether oxygens (including phenoxy) is 1. The molecule has 24 heavy (non-hydrogen) atoms. The van der Waals surface area contributed by atoms with Gasteiger partial charge in [-0.15, -0.1) is 11.3 Å². The third kappa shape index (κ3) is 3.34. The van der Waals surface area contributed by atoms with Crippen molar-refractivity contribution in [2.45, 2.75) is 26.2 Å². The molecule has 3 rings (SSSR count). The Morgan fingerprint density at radius 2 is 2.12 bits per heavy atom. The highest BCUT2D eigenvalue weighted by Crippen LogP contribution is 2.41. The first-order valence-electron chi connectivity index (χ1n) is 8.11. The molecular formula is C20H20O3S. The summed E-state index contributed by atoms with van der Waals surface area (Å²) in [5.74, 6) is -1.47. The predicted molar refractivity (Wildman–Crippen MR) is 96.0 cm³/mol. The van der Waals surface area contributed by atoms with Gasteiger partial charge in [-0.05, 0) is 48.9 Å². The molecule has 1 aliphatic carbocycles. The average molecular weight is 340 g/mol. The highest BCUT2D eigenvalue weighted by molar-refractivity contribution is 7.10. The molecule has 0 saturated carbocycles. The van der Waals surface area contributed by atoms with Crippen LogP contribution in [0.3, 0.4) is 0 Å². The number of rotatable bonds is 4. The molecule has 3 nitrogen and oxygen atoms in total. The SMILES string of the molecule is CCOC(=O)[C@@H]1C(=O)C=C(c2cccc(C)c2)C[C@H]1c1cccs1. The fourth-order valence-corrected chi connectivity index (χ4v) is 4.06. The fourth-order valence-electron chi connectivity index (χ4n) is 3.20. The van der Waals surface area contributed by atoms with Crippen LogP contribution in [0.1, 0.15) is 35.3 Å². The molecule has 0 amide bonds. The summed E-state index contributed by atoms with van der Waals surface area (Å²) < 4.78 is 5.16. The van der Waals surface area contributed by atoms with E-state index in [0.717, 1.165) is 21.6 Å². The number of carbonyl (C=O) groups is 2. The van der Waals surface area contributed by atoms with Crippen LogP contribution in [-0.4, -0.2) is 18.4 Å². The lowest BCUT2D eigenvalue weighted by atomic mass is 9.76. The summed E-state index contributed by atoms with van der Waals surface area (Å²) in [5.41, 5.74) is 3.19. The summed E-state index contributed by atoms with van der Waals surface area (Å²) in [5, 5.41) is 1.98. The van der Waals surface area contributed by atoms with Crippen molar-refractivity contribution >= 4 is 28.7 Å². The van der Waals surface area contributed by atoms with E-state index in [2.05, 4.69) is 6.07 Å². The molecule has 4 heteroatoms. The molecular weight excluding hydrogens is 320 g/mol. The van der Waals surface area contributed by atoms with Gasteiger partial charge in [0.2, 0.25) is 0 Å². The van der Waals surface area contributed by atoms with Gasteiger partial charge < -0.3 is 4.74 Å². The number of aryl methyl sites for hydroxylation is 1. The second kappa shape index (κ2) is 7.14. The molecule has 124 valence electrons. The van der Waals surface area contributed by atoms with Gasteiger partial charge in [0, 0.05) is 10.8 Å². The van der Waals surface area contributed by atoms with Crippen molar-refractivity contribution in [3.8, 4) is 0 Å². The number of carbonyl (C=O) groups excluding carboxylic acids is 2. The summed E-state index contributed by atoms with van der Waals surface area (Å²) in [4.78, 5) is 26.1. The van der Waals surface area contributed by atoms with Crippen molar-refractivity contribution < 1.29 is 14.3 Å². The zero-order valence-electron chi connectivity index (χ0n) is 13.8. The van der Waals surface area contributed by atoms with E-state index in [1.54, 1.807) is 24.3 Å². The van der Waals surface area contributed by atoms with Gasteiger partial charge in [0.15, 0.2) is 5.78 Å². The van der Waals surface area contributed by atoms with Gasteiger partial charge in [0.05, 0.1) is 6.61 Å². The fraction of sp³-hybridized carbons (Fsp3) is 0.300. The maximum absolute atomic E-state index is 12.7. The molecule has 0 aliphatic heterocycles. The first-order chi connectivity index (χ1) is 11.6. The molecule has 2 atom stereocenters. The molecule has 0 bridgehead atoms. The Kier molecular flexibility index (Phi) is 4.95. The standard InChI is InChI=1S/C20H20O3S/c1-3-23-20(22)19-16(18-8-5-9-24-18)11-15(12-17(19)21)14-7-4-6-13(2)10-14/h4-10,12,16,19H,3,11H2,1-2H3/t16-,19-/m0/s1. The van der Waals surface area contributed by atoms with Crippen molar-refractivity contribution in [1.29, 1.82) is 0 Å². The minimum Gasteiger partial charge on any atom is -0.465 e. The van der Waals surface area contributed by atoms with E-state index in [1.165, 1.54) is 0 Å². The van der Waals surface area contributed by atoms with E-state index in [1.807, 2.05) is 42.6 Å². The van der Waals surface area contributed by atoms with E-state index in [4.69, 9.17) is 4.74 Å². The van der Waals surface area contributed by atoms with Gasteiger partial charge in [-0.3, -0.25) is 9.59 Å². The molecule has 0 fully saturated rings. The van der Waals surface area contributed by atoms with Crippen molar-refractivity contribution in [2.24, 2.45) is 5.92 Å². The first kappa shape index (κ1) is 16.7. The van der Waals surface area contributed by atoms with Crippen LogP contribution in [0, 0.1) is 12.8 Å². The van der Waals surface area contributed by atoms with Gasteiger partial charge in [-0.2, -0.15) is 0 Å². The van der Waals surface area contributed by atoms with Crippen LogP contribution in [0.2, 0.25) is 0 Å². The highest BCUT2D eigenvalue weighted by atomic mass is 32.1. The summed E-state index contributed by atoms with van der Waals surface area (Å²) in [7, 11) is 0. The van der Waals surface area contributed by atoms with Crippen LogP contribution >= 0.6 is 11.3 Å². The number of allylic oxidation sites excluding steroid dienone is 2. The number of hydrogen-bond acceptors (Lipinski definition) is 4. The molecule has 0 spiro atoms. The van der Waals surface area contributed by atoms with Crippen molar-refractivity contribution in [3.05, 3.63) is 63.9 Å². The lowest BCUT2D eigenvalue weighted by molar-refractivity contribution is -0.151. The number of benzene rings is 1. The van der Waals surface area contributed by atoms with Crippen LogP contribution in [0.4, 0.5) is 0 Å². The highest BCUT2D eigenvalue weighted by Gasteiger charge is 2.40. The van der Waals surface area contributed by atoms with Crippen LogP contribution in [0.25, 0.3) is 5.57 Å². The van der Waals surface area contributed by atoms with E-state index < -0.39 is 11.9 Å². The predicted octanol–water partition coefficient (Wildman–Crippen LogP) is 4.38. The van der Waals surface area contributed by atoms with Gasteiger partial charge in [-0.1, -0.05) is 35.9 Å². The molecule has 0 saturated heterocycles. The minimum atomic E-state index is -0.739. The first-order valence-corrected chi connectivity index (χ1v) is 8.99. The van der Waals surface area contributed by atoms with Gasteiger partial charge in [0.1, 0.15) is 5.92 Å². The normalized spacial score (nSPS) is 20.6. The number of esters is 1. The molecule has 0 N–H and O–H groups in total. The topological polar surface area (TPSA) is 43.4 Å². The van der Waals surface area contributed by atoms with Crippen molar-refractivity contribution in [1.82, 2.24) is 0 Å². The molecule has 0 radical (unpaired) electrons. The number of ketones is 1. The summed E-state index contributed by atoms with van der Waals surface area (Å²) in [6.45, 7) is 4.08. The van der Waals surface area contributed by atoms with Gasteiger partial charge in [-0.25, -0.2) is 0 Å². The minimum absolute atomic E-state index is 0.155. The summed E-state index contributed by atoms with van der Waals surface area (Å²) in [6, 6.07) is 12.1. The summed E-state index contributed by atoms with van der Waals surface area (Å²) >= 11 is 1.58. The maximum Gasteiger partial charge on any atom is 0.317 e. The monoisotopic (exact) mass is 340 g/mol. The Morgan fingerprint density at radius 1 is 1.29 bits per heavy atom. The van der Waals surface area contributed by atoms with Crippen LogP contribution in [0.5, 0.6) is 0 Å². The lowest BCUT2D eigenvalue weighted by Gasteiger charge is -2.28. The third-order valence-corrected chi connectivity index (χ3v) is 5.31. The van der Waals surface area contributed by atoms with Crippen LogP contribution in [0.15, 0.2) is 47.9 Å². The Morgan fingerprint density at radius 3 is 2.79 bits per heavy atom. The molecule has 1 aromatic heterocycles. The van der Waals surface area contributed by atoms with E-state index >= 15 is 0 Å². The second-order valence-electron chi connectivity index (χ2n) is 6.00. The maximum atomic E-state index is 12.7. The largest absolute Gasteiger partial charge is 0.465 e. The van der Waals surface area contributed by atoms with Crippen LogP contribution in [-0.2, 0) is 14.3 Å². The van der Waals surface area contributed by atoms with Gasteiger partial charge in [0.25, 0.3) is 0 Å². The zero-order valence-corrected chi connectivity index (χ0v) is 14.6.